The summed E-state index contributed by atoms with van der Waals surface area (Å²) >= 11 is 0. The number of benzene rings is 1. The van der Waals surface area contributed by atoms with Gasteiger partial charge in [-0.25, -0.2) is 0 Å². The third kappa shape index (κ3) is 4.62. The van der Waals surface area contributed by atoms with Crippen LogP contribution in [0.2, 0.25) is 0 Å². The second kappa shape index (κ2) is 8.26. The van der Waals surface area contributed by atoms with Crippen LogP contribution in [0.4, 0.5) is 0 Å². The predicted molar refractivity (Wildman–Crippen MR) is 77.5 cm³/mol. The Morgan fingerprint density at radius 3 is 2.67 bits per heavy atom. The van der Waals surface area contributed by atoms with Crippen LogP contribution in [0.15, 0.2) is 43.0 Å². The minimum Gasteiger partial charge on any atom is -0.394 e. The minimum atomic E-state index is -1.06. The van der Waals surface area contributed by atoms with E-state index in [0.717, 1.165) is 5.56 Å². The van der Waals surface area contributed by atoms with Crippen LogP contribution < -0.4 is 0 Å². The van der Waals surface area contributed by atoms with Crippen LogP contribution in [0, 0.1) is 0 Å². The fraction of sp³-hybridized carbons (Fsp3) is 0.500. The van der Waals surface area contributed by atoms with Crippen LogP contribution in [0.3, 0.4) is 0 Å². The summed E-state index contributed by atoms with van der Waals surface area (Å²) < 4.78 is 16.7. The van der Waals surface area contributed by atoms with Crippen LogP contribution in [0.1, 0.15) is 12.0 Å². The van der Waals surface area contributed by atoms with Crippen LogP contribution >= 0.6 is 0 Å². The van der Waals surface area contributed by atoms with Crippen molar-refractivity contribution in [3.63, 3.8) is 0 Å². The normalized spacial score (nSPS) is 29.2. The fourth-order valence-electron chi connectivity index (χ4n) is 2.31. The lowest BCUT2D eigenvalue weighted by molar-refractivity contribution is -0.268. The minimum absolute atomic E-state index is 0.204. The highest BCUT2D eigenvalue weighted by Gasteiger charge is 2.38. The lowest BCUT2D eigenvalue weighted by Gasteiger charge is -2.38. The molecule has 0 radical (unpaired) electrons. The van der Waals surface area contributed by atoms with Gasteiger partial charge in [0.05, 0.1) is 25.9 Å². The van der Waals surface area contributed by atoms with Crippen molar-refractivity contribution in [3.8, 4) is 0 Å². The molecule has 1 saturated heterocycles. The zero-order chi connectivity index (χ0) is 15.1. The molecule has 1 aliphatic rings. The molecule has 0 spiro atoms. The van der Waals surface area contributed by atoms with E-state index >= 15 is 0 Å². The predicted octanol–water partition coefficient (Wildman–Crippen LogP) is 1.24. The molecule has 0 bridgehead atoms. The summed E-state index contributed by atoms with van der Waals surface area (Å²) in [6.07, 6.45) is -0.330. The highest BCUT2D eigenvalue weighted by Crippen LogP contribution is 2.24. The number of aliphatic hydroxyl groups excluding tert-OH is 2. The smallest absolute Gasteiger partial charge is 0.181 e. The Morgan fingerprint density at radius 1 is 1.24 bits per heavy atom. The van der Waals surface area contributed by atoms with Crippen LogP contribution in [0.25, 0.3) is 0 Å². The van der Waals surface area contributed by atoms with E-state index in [1.165, 1.54) is 0 Å². The molecule has 0 unspecified atom stereocenters. The van der Waals surface area contributed by atoms with Gasteiger partial charge in [-0.1, -0.05) is 36.4 Å². The number of hydrogen-bond acceptors (Lipinski definition) is 5. The zero-order valence-electron chi connectivity index (χ0n) is 11.9. The number of rotatable bonds is 7. The molecule has 21 heavy (non-hydrogen) atoms. The number of aliphatic hydroxyl groups is 2. The molecule has 5 nitrogen and oxygen atoms in total. The maximum absolute atomic E-state index is 9.85. The van der Waals surface area contributed by atoms with Gasteiger partial charge in [-0.2, -0.15) is 0 Å². The Labute approximate surface area is 124 Å². The third-order valence-electron chi connectivity index (χ3n) is 3.43. The van der Waals surface area contributed by atoms with Gasteiger partial charge >= 0.3 is 0 Å². The molecule has 2 N–H and O–H groups in total. The van der Waals surface area contributed by atoms with E-state index in [4.69, 9.17) is 14.2 Å². The Bertz CT molecular complexity index is 422. The molecular formula is C16H22O5. The standard InChI is InChI=1S/C16H22O5/c1-2-8-19-14-9-13(15(10-17)21-16(14)18)20-11-12-6-4-3-5-7-12/h2-7,13-18H,1,8-11H2/t13-,14+,15+,16-/m0/s1. The van der Waals surface area contributed by atoms with E-state index in [0.29, 0.717) is 19.6 Å². The van der Waals surface area contributed by atoms with E-state index in [2.05, 4.69) is 6.58 Å². The molecule has 1 aliphatic heterocycles. The van der Waals surface area contributed by atoms with E-state index in [9.17, 15) is 10.2 Å². The first kappa shape index (κ1) is 16.1. The quantitative estimate of drug-likeness (QED) is 0.741. The molecule has 1 aromatic carbocycles. The molecule has 0 saturated carbocycles. The largest absolute Gasteiger partial charge is 0.394 e. The summed E-state index contributed by atoms with van der Waals surface area (Å²) in [5, 5.41) is 19.2. The van der Waals surface area contributed by atoms with Crippen molar-refractivity contribution in [2.75, 3.05) is 13.2 Å². The van der Waals surface area contributed by atoms with Crippen molar-refractivity contribution >= 4 is 0 Å². The highest BCUT2D eigenvalue weighted by molar-refractivity contribution is 5.13. The summed E-state index contributed by atoms with van der Waals surface area (Å²) in [5.41, 5.74) is 1.05. The van der Waals surface area contributed by atoms with Gasteiger partial charge in [0, 0.05) is 6.42 Å². The molecule has 1 heterocycles. The van der Waals surface area contributed by atoms with Gasteiger partial charge in [0.15, 0.2) is 6.29 Å². The summed E-state index contributed by atoms with van der Waals surface area (Å²) in [7, 11) is 0. The lowest BCUT2D eigenvalue weighted by Crippen LogP contribution is -2.50. The maximum Gasteiger partial charge on any atom is 0.181 e. The monoisotopic (exact) mass is 294 g/mol. The van der Waals surface area contributed by atoms with Crippen molar-refractivity contribution in [1.29, 1.82) is 0 Å². The summed E-state index contributed by atoms with van der Waals surface area (Å²) in [5.74, 6) is 0. The van der Waals surface area contributed by atoms with E-state index in [1.807, 2.05) is 30.3 Å². The van der Waals surface area contributed by atoms with Crippen molar-refractivity contribution in [2.24, 2.45) is 0 Å². The van der Waals surface area contributed by atoms with E-state index < -0.39 is 18.5 Å². The molecule has 0 amide bonds. The Kier molecular flexibility index (Phi) is 6.35. The first-order valence-corrected chi connectivity index (χ1v) is 7.07. The van der Waals surface area contributed by atoms with Gasteiger partial charge in [-0.15, -0.1) is 6.58 Å². The second-order valence-corrected chi connectivity index (χ2v) is 4.98. The van der Waals surface area contributed by atoms with Crippen LogP contribution in [-0.4, -0.2) is 48.0 Å². The van der Waals surface area contributed by atoms with Gasteiger partial charge < -0.3 is 24.4 Å². The Balaban J connectivity index is 1.92. The van der Waals surface area contributed by atoms with Gasteiger partial charge in [0.1, 0.15) is 12.2 Å². The number of ether oxygens (including phenoxy) is 3. The summed E-state index contributed by atoms with van der Waals surface area (Å²) in [4.78, 5) is 0. The van der Waals surface area contributed by atoms with Crippen molar-refractivity contribution in [1.82, 2.24) is 0 Å². The lowest BCUT2D eigenvalue weighted by atomic mass is 10.0. The van der Waals surface area contributed by atoms with Crippen molar-refractivity contribution in [2.45, 2.75) is 37.6 Å². The molecule has 1 aromatic rings. The molecular weight excluding hydrogens is 272 g/mol. The molecule has 116 valence electrons. The van der Waals surface area contributed by atoms with Gasteiger partial charge in [-0.05, 0) is 5.56 Å². The average molecular weight is 294 g/mol. The molecule has 0 aromatic heterocycles. The van der Waals surface area contributed by atoms with Crippen LogP contribution in [-0.2, 0) is 20.8 Å². The first-order chi connectivity index (χ1) is 10.2. The molecule has 2 rings (SSSR count). The summed E-state index contributed by atoms with van der Waals surface area (Å²) in [6, 6.07) is 9.77. The Morgan fingerprint density at radius 2 is 2.00 bits per heavy atom. The van der Waals surface area contributed by atoms with Gasteiger partial charge in [0.25, 0.3) is 0 Å². The van der Waals surface area contributed by atoms with Gasteiger partial charge in [0.2, 0.25) is 0 Å². The van der Waals surface area contributed by atoms with Crippen molar-refractivity contribution in [3.05, 3.63) is 48.6 Å². The second-order valence-electron chi connectivity index (χ2n) is 4.98. The maximum atomic E-state index is 9.85. The van der Waals surface area contributed by atoms with Crippen LogP contribution in [0.5, 0.6) is 0 Å². The fourth-order valence-corrected chi connectivity index (χ4v) is 2.31. The SMILES string of the molecule is C=CCO[C@@H]1C[C@H](OCc2ccccc2)[C@@H](CO)O[C@@H]1O. The molecule has 5 heteroatoms. The van der Waals surface area contributed by atoms with E-state index in [-0.39, 0.29) is 12.7 Å². The molecule has 4 atom stereocenters. The zero-order valence-corrected chi connectivity index (χ0v) is 11.9. The first-order valence-electron chi connectivity index (χ1n) is 7.07. The van der Waals surface area contributed by atoms with Gasteiger partial charge in [-0.3, -0.25) is 0 Å². The molecule has 0 aliphatic carbocycles. The Hall–Kier alpha value is -1.24. The van der Waals surface area contributed by atoms with Crippen molar-refractivity contribution < 1.29 is 24.4 Å². The highest BCUT2D eigenvalue weighted by atomic mass is 16.7. The molecule has 1 fully saturated rings. The van der Waals surface area contributed by atoms with E-state index in [1.54, 1.807) is 6.08 Å². The number of hydrogen-bond donors (Lipinski definition) is 2. The average Bonchev–Trinajstić information content (AvgIpc) is 2.53. The topological polar surface area (TPSA) is 68.2 Å². The summed E-state index contributed by atoms with van der Waals surface area (Å²) in [6.45, 7) is 4.13. The third-order valence-corrected chi connectivity index (χ3v) is 3.43.